The molecule has 5 nitrogen and oxygen atoms in total. The van der Waals surface area contributed by atoms with Gasteiger partial charge in [-0.2, -0.15) is 0 Å². The third kappa shape index (κ3) is 7.15. The van der Waals surface area contributed by atoms with E-state index in [1.165, 1.54) is 0 Å². The second-order valence-corrected chi connectivity index (χ2v) is 8.67. The number of aryl methyl sites for hydroxylation is 1. The summed E-state index contributed by atoms with van der Waals surface area (Å²) in [4.78, 5) is 12.2. The lowest BCUT2D eigenvalue weighted by Gasteiger charge is -2.12. The maximum atomic E-state index is 12.2. The van der Waals surface area contributed by atoms with E-state index >= 15 is 0 Å². The first-order valence-corrected chi connectivity index (χ1v) is 11.8. The highest BCUT2D eigenvalue weighted by molar-refractivity contribution is 6.32. The summed E-state index contributed by atoms with van der Waals surface area (Å²) in [7, 11) is 0. The predicted octanol–water partition coefficient (Wildman–Crippen LogP) is 7.72. The van der Waals surface area contributed by atoms with E-state index < -0.39 is 0 Å². The Morgan fingerprint density at radius 2 is 1.51 bits per heavy atom. The highest BCUT2D eigenvalue weighted by Crippen LogP contribution is 2.27. The average Bonchev–Trinajstić information content (AvgIpc) is 2.86. The molecule has 0 saturated carbocycles. The fraction of sp³-hybridized carbons (Fsp3) is 0.107. The number of ether oxygens (including phenoxy) is 2. The van der Waals surface area contributed by atoms with Crippen LogP contribution in [0.1, 0.15) is 11.1 Å². The Labute approximate surface area is 214 Å². The van der Waals surface area contributed by atoms with Gasteiger partial charge < -0.3 is 20.1 Å². The fourth-order valence-corrected chi connectivity index (χ4v) is 3.69. The van der Waals surface area contributed by atoms with Gasteiger partial charge in [-0.05, 0) is 78.7 Å². The molecule has 178 valence electrons. The Hall–Kier alpha value is -3.67. The molecule has 0 unspecified atom stereocenters. The molecule has 0 heterocycles. The van der Waals surface area contributed by atoms with E-state index in [1.54, 1.807) is 18.2 Å². The van der Waals surface area contributed by atoms with Crippen molar-refractivity contribution in [2.24, 2.45) is 0 Å². The van der Waals surface area contributed by atoms with Crippen LogP contribution in [0.15, 0.2) is 91.0 Å². The normalized spacial score (nSPS) is 10.5. The fourth-order valence-electron chi connectivity index (χ4n) is 3.25. The monoisotopic (exact) mass is 506 g/mol. The number of para-hydroxylation sites is 1. The van der Waals surface area contributed by atoms with Crippen molar-refractivity contribution in [2.45, 2.75) is 13.5 Å². The van der Waals surface area contributed by atoms with Gasteiger partial charge in [-0.25, -0.2) is 0 Å². The number of hydrogen-bond acceptors (Lipinski definition) is 4. The summed E-state index contributed by atoms with van der Waals surface area (Å²) in [6.45, 7) is 2.31. The zero-order chi connectivity index (χ0) is 24.6. The Balaban J connectivity index is 1.26. The number of anilines is 2. The molecule has 0 radical (unpaired) electrons. The van der Waals surface area contributed by atoms with Crippen molar-refractivity contribution in [3.05, 3.63) is 112 Å². The van der Waals surface area contributed by atoms with E-state index in [9.17, 15) is 4.79 Å². The highest BCUT2D eigenvalue weighted by Gasteiger charge is 2.09. The maximum Gasteiger partial charge on any atom is 0.262 e. The number of benzene rings is 4. The van der Waals surface area contributed by atoms with Crippen molar-refractivity contribution in [1.29, 1.82) is 0 Å². The van der Waals surface area contributed by atoms with Crippen LogP contribution in [0.25, 0.3) is 0 Å². The van der Waals surface area contributed by atoms with Crippen LogP contribution >= 0.6 is 23.2 Å². The molecule has 0 spiro atoms. The Morgan fingerprint density at radius 1 is 0.800 bits per heavy atom. The molecule has 0 bridgehead atoms. The van der Waals surface area contributed by atoms with Crippen LogP contribution in [0.2, 0.25) is 10.0 Å². The van der Waals surface area contributed by atoms with Crippen LogP contribution in [-0.4, -0.2) is 12.5 Å². The first-order chi connectivity index (χ1) is 17.0. The molecular formula is C28H24Cl2N2O3. The first kappa shape index (κ1) is 24.5. The topological polar surface area (TPSA) is 59.6 Å². The number of hydrogen-bond donors (Lipinski definition) is 2. The number of halogens is 2. The summed E-state index contributed by atoms with van der Waals surface area (Å²) in [6.07, 6.45) is 0. The molecule has 4 rings (SSSR count). The van der Waals surface area contributed by atoms with Gasteiger partial charge in [0, 0.05) is 22.9 Å². The molecule has 0 atom stereocenters. The van der Waals surface area contributed by atoms with Crippen LogP contribution in [0.3, 0.4) is 0 Å². The third-order valence-corrected chi connectivity index (χ3v) is 5.84. The predicted molar refractivity (Wildman–Crippen MR) is 142 cm³/mol. The van der Waals surface area contributed by atoms with Crippen LogP contribution in [0.4, 0.5) is 11.4 Å². The lowest BCUT2D eigenvalue weighted by atomic mass is 10.2. The Morgan fingerprint density at radius 3 is 2.23 bits per heavy atom. The van der Waals surface area contributed by atoms with Gasteiger partial charge in [0.05, 0.1) is 5.02 Å². The molecule has 0 aliphatic carbocycles. The van der Waals surface area contributed by atoms with Crippen molar-refractivity contribution < 1.29 is 14.3 Å². The molecular weight excluding hydrogens is 483 g/mol. The van der Waals surface area contributed by atoms with Gasteiger partial charge in [0.25, 0.3) is 5.91 Å². The SMILES string of the molecule is Cc1ccc(NC(=O)COc2ccc(CNc3ccc(Oc4ccccc4)cc3)cc2Cl)cc1Cl. The molecule has 0 aliphatic rings. The molecule has 4 aromatic rings. The molecule has 0 saturated heterocycles. The number of carbonyl (C=O) groups is 1. The van der Waals surface area contributed by atoms with Gasteiger partial charge in [-0.3, -0.25) is 4.79 Å². The van der Waals surface area contributed by atoms with E-state index in [0.717, 1.165) is 28.3 Å². The Bertz CT molecular complexity index is 1300. The molecule has 7 heteroatoms. The smallest absolute Gasteiger partial charge is 0.262 e. The van der Waals surface area contributed by atoms with Crippen molar-refractivity contribution in [3.8, 4) is 17.2 Å². The largest absolute Gasteiger partial charge is 0.482 e. The number of carbonyl (C=O) groups excluding carboxylic acids is 1. The van der Waals surface area contributed by atoms with Crippen molar-refractivity contribution in [1.82, 2.24) is 0 Å². The van der Waals surface area contributed by atoms with E-state index in [-0.39, 0.29) is 12.5 Å². The van der Waals surface area contributed by atoms with Crippen molar-refractivity contribution in [3.63, 3.8) is 0 Å². The summed E-state index contributed by atoms with van der Waals surface area (Å²) in [5, 5.41) is 7.13. The Kier molecular flexibility index (Phi) is 8.14. The van der Waals surface area contributed by atoms with Crippen LogP contribution in [0.5, 0.6) is 17.2 Å². The lowest BCUT2D eigenvalue weighted by Crippen LogP contribution is -2.20. The van der Waals surface area contributed by atoms with Crippen LogP contribution in [0, 0.1) is 6.92 Å². The summed E-state index contributed by atoms with van der Waals surface area (Å²) < 4.78 is 11.4. The molecule has 0 fully saturated rings. The summed E-state index contributed by atoms with van der Waals surface area (Å²) >= 11 is 12.5. The lowest BCUT2D eigenvalue weighted by molar-refractivity contribution is -0.118. The number of nitrogens with one attached hydrogen (secondary N) is 2. The minimum absolute atomic E-state index is 0.166. The van der Waals surface area contributed by atoms with Crippen molar-refractivity contribution >= 4 is 40.5 Å². The molecule has 2 N–H and O–H groups in total. The van der Waals surface area contributed by atoms with Crippen molar-refractivity contribution in [2.75, 3.05) is 17.2 Å². The zero-order valence-corrected chi connectivity index (χ0v) is 20.6. The molecule has 35 heavy (non-hydrogen) atoms. The van der Waals surface area contributed by atoms with Crippen LogP contribution < -0.4 is 20.1 Å². The van der Waals surface area contributed by atoms with Gasteiger partial charge in [-0.15, -0.1) is 0 Å². The quantitative estimate of drug-likeness (QED) is 0.244. The van der Waals surface area contributed by atoms with Gasteiger partial charge >= 0.3 is 0 Å². The van der Waals surface area contributed by atoms with Gasteiger partial charge in [0.1, 0.15) is 17.2 Å². The summed E-state index contributed by atoms with van der Waals surface area (Å²) in [5.74, 6) is 1.70. The minimum atomic E-state index is -0.300. The third-order valence-electron chi connectivity index (χ3n) is 5.14. The van der Waals surface area contributed by atoms with Gasteiger partial charge in [0.2, 0.25) is 0 Å². The second-order valence-electron chi connectivity index (χ2n) is 7.86. The molecule has 4 aromatic carbocycles. The number of rotatable bonds is 9. The highest BCUT2D eigenvalue weighted by atomic mass is 35.5. The van der Waals surface area contributed by atoms with Crippen LogP contribution in [-0.2, 0) is 11.3 Å². The maximum absolute atomic E-state index is 12.2. The van der Waals surface area contributed by atoms with Gasteiger partial charge in [0.15, 0.2) is 6.61 Å². The van der Waals surface area contributed by atoms with E-state index in [1.807, 2.05) is 79.7 Å². The van der Waals surface area contributed by atoms with E-state index in [4.69, 9.17) is 32.7 Å². The summed E-state index contributed by atoms with van der Waals surface area (Å²) in [5.41, 5.74) is 3.48. The summed E-state index contributed by atoms with van der Waals surface area (Å²) in [6, 6.07) is 28.2. The minimum Gasteiger partial charge on any atom is -0.482 e. The first-order valence-electron chi connectivity index (χ1n) is 11.0. The second kappa shape index (κ2) is 11.6. The van der Waals surface area contributed by atoms with E-state index in [0.29, 0.717) is 28.0 Å². The zero-order valence-electron chi connectivity index (χ0n) is 19.1. The average molecular weight is 507 g/mol. The molecule has 1 amide bonds. The molecule has 0 aromatic heterocycles. The van der Waals surface area contributed by atoms with Gasteiger partial charge in [-0.1, -0.05) is 53.5 Å². The molecule has 0 aliphatic heterocycles. The standard InChI is InChI=1S/C28H24Cl2N2O3/c1-19-7-9-22(16-25(19)29)32-28(33)18-34-27-14-8-20(15-26(27)30)17-31-21-10-12-24(13-11-21)35-23-5-3-2-4-6-23/h2-16,31H,17-18H2,1H3,(H,32,33). The number of amides is 1. The van der Waals surface area contributed by atoms with E-state index in [2.05, 4.69) is 10.6 Å².